The molecule has 2 amide bonds. The van der Waals surface area contributed by atoms with Crippen LogP contribution < -0.4 is 30.6 Å². The van der Waals surface area contributed by atoms with Crippen molar-refractivity contribution >= 4 is 144 Å². The molecule has 0 saturated heterocycles. The number of amides is 2. The van der Waals surface area contributed by atoms with Crippen LogP contribution in [-0.2, 0) is 48.6 Å². The van der Waals surface area contributed by atoms with Crippen molar-refractivity contribution < 1.29 is 84.9 Å². The number of aromatic nitrogens is 6. The van der Waals surface area contributed by atoms with E-state index in [1.165, 1.54) is 68.8 Å². The molecule has 590 valence electrons. The van der Waals surface area contributed by atoms with Crippen molar-refractivity contribution in [3.05, 3.63) is 228 Å². The van der Waals surface area contributed by atoms with Gasteiger partial charge in [-0.25, -0.2) is 40.2 Å². The number of hydrogen-bond acceptors (Lipinski definition) is 17. The standard InChI is InChI=1S/2C26H23Cl2F2N3O5S.C23H19Cl2F2N3O3S/c2*1-3-39(35,36)15-10-8-14(9-11-15)23(32-20(34)13-37-2)25-31-18-12-17(27)21(22(28)24(18)33-25)16-6-4-5-7-19(16)38-26(29)30;1-2-34(31,32)13-9-7-12(8-10-13)20(28)22-29-16-11-15(24)18(19(25)21(16)30-22)14-5-3-4-6-17(14)33-23(26)27/h2*4-12,23,26H,3,13H2,1-2H3,(H,31,33)(H,32,34);3-11,20,23H,2,28H2,1H3,(H,29,30). The molecule has 3 aromatic heterocycles. The summed E-state index contributed by atoms with van der Waals surface area (Å²) >= 11 is 39.6. The van der Waals surface area contributed by atoms with Crippen molar-refractivity contribution in [2.75, 3.05) is 44.7 Å². The molecule has 0 fully saturated rings. The van der Waals surface area contributed by atoms with Crippen LogP contribution in [0.1, 0.15) is 73.1 Å². The average molecular weight is 1720 g/mol. The maximum absolute atomic E-state index is 13.0. The van der Waals surface area contributed by atoms with E-state index in [4.69, 9.17) is 84.8 Å². The molecule has 37 heteroatoms. The monoisotopic (exact) mass is 1720 g/mol. The molecule has 0 aliphatic heterocycles. The maximum atomic E-state index is 13.0. The van der Waals surface area contributed by atoms with Crippen LogP contribution in [0.5, 0.6) is 17.2 Å². The molecular formula is C75H65Cl6F6N9O13S3. The second-order valence-electron chi connectivity index (χ2n) is 24.1. The van der Waals surface area contributed by atoms with Gasteiger partial charge in [0, 0.05) is 47.6 Å². The Kier molecular flexibility index (Phi) is 27.9. The summed E-state index contributed by atoms with van der Waals surface area (Å²) in [5.74, 6) is -0.406. The number of alkyl halides is 6. The number of rotatable bonds is 27. The van der Waals surface area contributed by atoms with Crippen LogP contribution in [0.3, 0.4) is 0 Å². The summed E-state index contributed by atoms with van der Waals surface area (Å²) in [6.07, 6.45) is 0. The number of hydrogen-bond donors (Lipinski definition) is 6. The van der Waals surface area contributed by atoms with Crippen LogP contribution in [0.25, 0.3) is 66.5 Å². The van der Waals surface area contributed by atoms with Gasteiger partial charge < -0.3 is 55.0 Å². The maximum Gasteiger partial charge on any atom is 0.387 e. The van der Waals surface area contributed by atoms with E-state index >= 15 is 0 Å². The number of imidazole rings is 3. The molecule has 112 heavy (non-hydrogen) atoms. The largest absolute Gasteiger partial charge is 0.434 e. The number of halogens is 12. The number of nitrogens with two attached hydrogens (primary N) is 1. The Hall–Kier alpha value is -9.22. The zero-order valence-corrected chi connectivity index (χ0v) is 66.1. The van der Waals surface area contributed by atoms with E-state index in [-0.39, 0.29) is 137 Å². The van der Waals surface area contributed by atoms with Crippen LogP contribution >= 0.6 is 69.6 Å². The Balaban J connectivity index is 0.000000179. The van der Waals surface area contributed by atoms with Crippen molar-refractivity contribution in [2.24, 2.45) is 5.73 Å². The first kappa shape index (κ1) is 85.2. The summed E-state index contributed by atoms with van der Waals surface area (Å²) in [6, 6.07) is 39.0. The van der Waals surface area contributed by atoms with Gasteiger partial charge in [-0.15, -0.1) is 0 Å². The van der Waals surface area contributed by atoms with E-state index < -0.39 is 79.3 Å². The number of nitrogens with one attached hydrogen (secondary N) is 5. The summed E-state index contributed by atoms with van der Waals surface area (Å²) in [6.45, 7) is -4.91. The fourth-order valence-electron chi connectivity index (χ4n) is 11.6. The topological polar surface area (TPSA) is 319 Å². The van der Waals surface area contributed by atoms with Crippen LogP contribution in [0.4, 0.5) is 26.3 Å². The van der Waals surface area contributed by atoms with Crippen molar-refractivity contribution in [3.8, 4) is 50.6 Å². The van der Waals surface area contributed by atoms with E-state index in [0.717, 1.165) is 0 Å². The van der Waals surface area contributed by atoms with Crippen LogP contribution in [0, 0.1) is 0 Å². The zero-order valence-electron chi connectivity index (χ0n) is 59.1. The number of ether oxygens (including phenoxy) is 5. The van der Waals surface area contributed by atoms with Gasteiger partial charge in [0.15, 0.2) is 29.5 Å². The Labute approximate surface area is 667 Å². The second kappa shape index (κ2) is 36.7. The number of aromatic amines is 3. The highest BCUT2D eigenvalue weighted by molar-refractivity contribution is 7.92. The van der Waals surface area contributed by atoms with Crippen molar-refractivity contribution in [3.63, 3.8) is 0 Å². The summed E-state index contributed by atoms with van der Waals surface area (Å²) in [7, 11) is -7.44. The SMILES string of the molecule is CCS(=O)(=O)c1ccc(C(N)c2nc3c(Cl)c(-c4ccccc4OC(F)F)c(Cl)cc3[nH]2)cc1.CCS(=O)(=O)c1ccc(C(NC(=O)COC)c2nc3c(Cl)c(-c4ccccc4OC(F)F)c(Cl)cc3[nH]2)cc1.CCS(=O)(=O)c1ccc(C(NC(=O)COC)c2nc3c(Cl)c(-c4ccccc4OC(F)F)c(Cl)cc3[nH]2)cc1. The molecule has 9 aromatic carbocycles. The van der Waals surface area contributed by atoms with Crippen LogP contribution in [-0.4, -0.2) is 131 Å². The van der Waals surface area contributed by atoms with Gasteiger partial charge in [0.2, 0.25) is 11.8 Å². The number of carbonyl (C=O) groups excluding carboxylic acids is 2. The van der Waals surface area contributed by atoms with Gasteiger partial charge in [0.1, 0.15) is 76.6 Å². The summed E-state index contributed by atoms with van der Waals surface area (Å²) in [4.78, 5) is 48.4. The third kappa shape index (κ3) is 19.5. The molecule has 22 nitrogen and oxygen atoms in total. The summed E-state index contributed by atoms with van der Waals surface area (Å²) < 4.78 is 175. The van der Waals surface area contributed by atoms with Gasteiger partial charge in [-0.3, -0.25) is 9.59 Å². The quantitative estimate of drug-likeness (QED) is 0.0261. The second-order valence-corrected chi connectivity index (χ2v) is 33.3. The fraction of sp³-hybridized carbons (Fsp3) is 0.213. The van der Waals surface area contributed by atoms with Crippen molar-refractivity contribution in [1.82, 2.24) is 40.5 Å². The third-order valence-corrected chi connectivity index (χ3v) is 24.3. The third-order valence-electron chi connectivity index (χ3n) is 17.1. The Morgan fingerprint density at radius 1 is 0.420 bits per heavy atom. The van der Waals surface area contributed by atoms with Gasteiger partial charge in [0.05, 0.1) is 84.7 Å². The number of nitrogens with zero attached hydrogens (tertiary/aromatic N) is 3. The molecule has 0 spiro atoms. The fourth-order valence-corrected chi connectivity index (χ4v) is 16.4. The highest BCUT2D eigenvalue weighted by Crippen LogP contribution is 2.48. The zero-order chi connectivity index (χ0) is 81.3. The Morgan fingerprint density at radius 2 is 0.688 bits per heavy atom. The van der Waals surface area contributed by atoms with Crippen molar-refractivity contribution in [1.29, 1.82) is 0 Å². The number of sulfone groups is 3. The first-order chi connectivity index (χ1) is 53.2. The predicted octanol–water partition coefficient (Wildman–Crippen LogP) is 17.5. The Morgan fingerprint density at radius 3 is 0.964 bits per heavy atom. The molecule has 0 aliphatic rings. The first-order valence-corrected chi connectivity index (χ1v) is 40.5. The summed E-state index contributed by atoms with van der Waals surface area (Å²) in [5, 5.41) is 6.44. The van der Waals surface area contributed by atoms with Gasteiger partial charge in [-0.2, -0.15) is 26.3 Å². The molecule has 12 aromatic rings. The van der Waals surface area contributed by atoms with Crippen molar-refractivity contribution in [2.45, 2.75) is 73.4 Å². The molecular weight excluding hydrogens is 1660 g/mol. The molecule has 0 bridgehead atoms. The van der Waals surface area contributed by atoms with E-state index in [1.54, 1.807) is 130 Å². The van der Waals surface area contributed by atoms with Crippen LogP contribution in [0.15, 0.2) is 178 Å². The highest BCUT2D eigenvalue weighted by atomic mass is 35.5. The highest BCUT2D eigenvalue weighted by Gasteiger charge is 2.30. The van der Waals surface area contributed by atoms with Crippen LogP contribution in [0.2, 0.25) is 30.1 Å². The number of methoxy groups -OCH3 is 2. The minimum atomic E-state index is -3.43. The van der Waals surface area contributed by atoms with Gasteiger partial charge >= 0.3 is 19.8 Å². The minimum absolute atomic E-state index is 0.00491. The number of H-pyrrole nitrogens is 3. The lowest BCUT2D eigenvalue weighted by molar-refractivity contribution is -0.126. The number of fused-ring (bicyclic) bond motifs is 3. The van der Waals surface area contributed by atoms with E-state index in [1.807, 2.05) is 0 Å². The van der Waals surface area contributed by atoms with Gasteiger partial charge in [-0.1, -0.05) is 181 Å². The predicted molar refractivity (Wildman–Crippen MR) is 417 cm³/mol. The van der Waals surface area contributed by atoms with Gasteiger partial charge in [-0.05, 0) is 89.5 Å². The van der Waals surface area contributed by atoms with E-state index in [2.05, 4.69) is 54.7 Å². The lowest BCUT2D eigenvalue weighted by Crippen LogP contribution is -2.32. The smallest absolute Gasteiger partial charge is 0.387 e. The Bertz CT molecular complexity index is 5560. The molecule has 0 radical (unpaired) electrons. The van der Waals surface area contributed by atoms with E-state index in [9.17, 15) is 61.2 Å². The molecule has 3 heterocycles. The lowest BCUT2D eigenvalue weighted by atomic mass is 10.0. The number of benzene rings is 9. The molecule has 3 unspecified atom stereocenters. The normalized spacial score (nSPS) is 12.7. The lowest BCUT2D eigenvalue weighted by Gasteiger charge is -2.17. The average Bonchev–Trinajstić information content (AvgIpc) is 1.42. The van der Waals surface area contributed by atoms with Gasteiger partial charge in [0.25, 0.3) is 0 Å². The molecule has 12 rings (SSSR count). The number of para-hydroxylation sites is 3. The molecule has 7 N–H and O–H groups in total. The molecule has 3 atom stereocenters. The first-order valence-electron chi connectivity index (χ1n) is 33.3. The summed E-state index contributed by atoms with van der Waals surface area (Å²) in [5.41, 5.74) is 11.9. The molecule has 0 aliphatic carbocycles. The molecule has 0 saturated carbocycles. The minimum Gasteiger partial charge on any atom is -0.434 e. The number of carbonyl (C=O) groups is 2. The van der Waals surface area contributed by atoms with E-state index in [0.29, 0.717) is 55.7 Å².